The molecule has 10 aromatic rings. The van der Waals surface area contributed by atoms with E-state index in [1.54, 1.807) is 0 Å². The van der Waals surface area contributed by atoms with Gasteiger partial charge in [0.1, 0.15) is 11.2 Å². The Morgan fingerprint density at radius 2 is 1.29 bits per heavy atom. The maximum atomic E-state index is 6.93. The summed E-state index contributed by atoms with van der Waals surface area (Å²) in [4.78, 5) is 2.43. The van der Waals surface area contributed by atoms with E-state index < -0.39 is 0 Å². The molecule has 2 nitrogen and oxygen atoms in total. The molecule has 3 heteroatoms. The molecule has 0 fully saturated rings. The highest BCUT2D eigenvalue weighted by atomic mass is 32.1. The number of furan rings is 1. The summed E-state index contributed by atoms with van der Waals surface area (Å²) < 4.78 is 9.54. The second-order valence-electron chi connectivity index (χ2n) is 14.5. The molecule has 0 spiro atoms. The van der Waals surface area contributed by atoms with Gasteiger partial charge in [-0.15, -0.1) is 11.3 Å². The van der Waals surface area contributed by atoms with Crippen molar-refractivity contribution in [3.8, 4) is 22.3 Å². The van der Waals surface area contributed by atoms with E-state index in [-0.39, 0.29) is 5.41 Å². The fourth-order valence-corrected chi connectivity index (χ4v) is 10.0. The van der Waals surface area contributed by atoms with Crippen molar-refractivity contribution >= 4 is 81.3 Å². The highest BCUT2D eigenvalue weighted by Crippen LogP contribution is 2.54. The zero-order chi connectivity index (χ0) is 34.6. The summed E-state index contributed by atoms with van der Waals surface area (Å²) in [6.45, 7) is 4.65. The number of benzene rings is 8. The smallest absolute Gasteiger partial charge is 0.143 e. The first-order chi connectivity index (χ1) is 25.5. The fraction of sp³-hybridized carbons (Fsp3) is 0.0612. The van der Waals surface area contributed by atoms with Crippen LogP contribution in [-0.2, 0) is 5.41 Å². The van der Waals surface area contributed by atoms with Crippen molar-refractivity contribution in [1.82, 2.24) is 0 Å². The van der Waals surface area contributed by atoms with Gasteiger partial charge in [-0.25, -0.2) is 0 Å². The lowest BCUT2D eigenvalue weighted by Crippen LogP contribution is -2.14. The zero-order valence-corrected chi connectivity index (χ0v) is 29.7. The molecule has 2 heterocycles. The number of nitrogens with zero attached hydrogens (tertiary/aromatic N) is 1. The van der Waals surface area contributed by atoms with Gasteiger partial charge in [-0.1, -0.05) is 141 Å². The van der Waals surface area contributed by atoms with E-state index in [0.717, 1.165) is 39.0 Å². The van der Waals surface area contributed by atoms with Crippen LogP contribution >= 0.6 is 11.3 Å². The first-order valence-electron chi connectivity index (χ1n) is 17.9. The Labute approximate surface area is 305 Å². The summed E-state index contributed by atoms with van der Waals surface area (Å²) in [6.07, 6.45) is 0. The minimum absolute atomic E-state index is 0.100. The molecule has 0 atom stereocenters. The largest absolute Gasteiger partial charge is 0.455 e. The second-order valence-corrected chi connectivity index (χ2v) is 15.5. The standard InChI is InChI=1S/C49H33NOS/c1-49(2)40-19-9-8-18-38(40)45-41(49)27-26-39-46-42(20-11-21-43(46)51-47(39)45)50(33-16-10-15-32(28-33)30-12-4-3-5-13-30)34-23-25-36-37-24-22-31-14-6-7-17-35(31)48(37)52-44(36)29-34/h3-29H,1-2H3. The molecule has 8 aromatic carbocycles. The molecule has 0 saturated carbocycles. The summed E-state index contributed by atoms with van der Waals surface area (Å²) in [5, 5.41) is 7.43. The molecule has 0 N–H and O–H groups in total. The Morgan fingerprint density at radius 1 is 0.538 bits per heavy atom. The van der Waals surface area contributed by atoms with E-state index in [1.807, 2.05) is 11.3 Å². The lowest BCUT2D eigenvalue weighted by atomic mass is 9.82. The molecule has 0 aliphatic heterocycles. The third kappa shape index (κ3) is 4.17. The number of thiophene rings is 1. The van der Waals surface area contributed by atoms with Crippen LogP contribution in [0.25, 0.3) is 75.1 Å². The maximum absolute atomic E-state index is 6.93. The highest BCUT2D eigenvalue weighted by molar-refractivity contribution is 7.26. The maximum Gasteiger partial charge on any atom is 0.143 e. The third-order valence-electron chi connectivity index (χ3n) is 11.2. The van der Waals surface area contributed by atoms with E-state index in [9.17, 15) is 0 Å². The number of anilines is 3. The normalized spacial score (nSPS) is 13.3. The van der Waals surface area contributed by atoms with Crippen molar-refractivity contribution in [2.45, 2.75) is 19.3 Å². The van der Waals surface area contributed by atoms with E-state index in [2.05, 4.69) is 183 Å². The van der Waals surface area contributed by atoms with Gasteiger partial charge in [0.05, 0.1) is 11.1 Å². The fourth-order valence-electron chi connectivity index (χ4n) is 8.75. The van der Waals surface area contributed by atoms with Gasteiger partial charge in [0.2, 0.25) is 0 Å². The van der Waals surface area contributed by atoms with Gasteiger partial charge >= 0.3 is 0 Å². The number of fused-ring (bicyclic) bond motifs is 12. The molecule has 246 valence electrons. The summed E-state index contributed by atoms with van der Waals surface area (Å²) in [5.74, 6) is 0. The van der Waals surface area contributed by atoms with Gasteiger partial charge in [0.25, 0.3) is 0 Å². The Kier molecular flexibility index (Phi) is 6.21. The monoisotopic (exact) mass is 683 g/mol. The first kappa shape index (κ1) is 29.6. The molecular formula is C49H33NOS. The minimum Gasteiger partial charge on any atom is -0.455 e. The molecule has 0 bridgehead atoms. The van der Waals surface area contributed by atoms with Crippen molar-refractivity contribution in [3.63, 3.8) is 0 Å². The molecule has 0 amide bonds. The van der Waals surface area contributed by atoms with E-state index >= 15 is 0 Å². The molecule has 0 saturated heterocycles. The first-order valence-corrected chi connectivity index (χ1v) is 18.7. The van der Waals surface area contributed by atoms with Crippen LogP contribution in [0.4, 0.5) is 17.1 Å². The predicted octanol–water partition coefficient (Wildman–Crippen LogP) is 14.6. The van der Waals surface area contributed by atoms with Crippen molar-refractivity contribution in [3.05, 3.63) is 175 Å². The van der Waals surface area contributed by atoms with E-state index in [1.165, 1.54) is 64.3 Å². The summed E-state index contributed by atoms with van der Waals surface area (Å²) in [7, 11) is 0. The Bertz CT molecular complexity index is 3060. The van der Waals surface area contributed by atoms with Crippen LogP contribution in [0, 0.1) is 0 Å². The molecular weight excluding hydrogens is 651 g/mol. The van der Waals surface area contributed by atoms with Crippen LogP contribution in [-0.4, -0.2) is 0 Å². The minimum atomic E-state index is -0.100. The average molecular weight is 684 g/mol. The molecule has 52 heavy (non-hydrogen) atoms. The van der Waals surface area contributed by atoms with Crippen LogP contribution in [0.1, 0.15) is 25.0 Å². The van der Waals surface area contributed by atoms with Crippen molar-refractivity contribution < 1.29 is 4.42 Å². The van der Waals surface area contributed by atoms with Crippen LogP contribution in [0.5, 0.6) is 0 Å². The van der Waals surface area contributed by atoms with Crippen molar-refractivity contribution in [2.75, 3.05) is 4.90 Å². The lowest BCUT2D eigenvalue weighted by molar-refractivity contribution is 0.653. The molecule has 2 aromatic heterocycles. The quantitative estimate of drug-likeness (QED) is 0.184. The SMILES string of the molecule is CC1(C)c2ccccc2-c2c1ccc1c2oc2cccc(N(c3cccc(-c4ccccc4)c3)c3ccc4c(c3)sc3c5ccccc5ccc43)c21. The summed E-state index contributed by atoms with van der Waals surface area (Å²) in [5.41, 5.74) is 12.6. The Morgan fingerprint density at radius 3 is 2.21 bits per heavy atom. The van der Waals surface area contributed by atoms with Crippen LogP contribution < -0.4 is 4.90 Å². The van der Waals surface area contributed by atoms with Crippen molar-refractivity contribution in [2.24, 2.45) is 0 Å². The number of rotatable bonds is 4. The molecule has 11 rings (SSSR count). The zero-order valence-electron chi connectivity index (χ0n) is 28.9. The number of hydrogen-bond donors (Lipinski definition) is 0. The molecule has 0 unspecified atom stereocenters. The Hall–Kier alpha value is -6.16. The molecule has 1 aliphatic carbocycles. The summed E-state index contributed by atoms with van der Waals surface area (Å²) >= 11 is 1.88. The predicted molar refractivity (Wildman–Crippen MR) is 222 cm³/mol. The van der Waals surface area contributed by atoms with Crippen LogP contribution in [0.2, 0.25) is 0 Å². The number of hydrogen-bond acceptors (Lipinski definition) is 3. The lowest BCUT2D eigenvalue weighted by Gasteiger charge is -2.27. The van der Waals surface area contributed by atoms with Gasteiger partial charge in [0.15, 0.2) is 0 Å². The highest BCUT2D eigenvalue weighted by Gasteiger charge is 2.37. The second kappa shape index (κ2) is 10.9. The van der Waals surface area contributed by atoms with Gasteiger partial charge < -0.3 is 9.32 Å². The molecule has 1 aliphatic rings. The Balaban J connectivity index is 1.18. The van der Waals surface area contributed by atoms with Gasteiger partial charge in [0, 0.05) is 47.9 Å². The van der Waals surface area contributed by atoms with Crippen LogP contribution in [0.15, 0.2) is 168 Å². The van der Waals surface area contributed by atoms with E-state index in [0.29, 0.717) is 0 Å². The molecule has 0 radical (unpaired) electrons. The van der Waals surface area contributed by atoms with Gasteiger partial charge in [-0.3, -0.25) is 0 Å². The van der Waals surface area contributed by atoms with Gasteiger partial charge in [-0.05, 0) is 75.0 Å². The van der Waals surface area contributed by atoms with Crippen molar-refractivity contribution in [1.29, 1.82) is 0 Å². The summed E-state index contributed by atoms with van der Waals surface area (Å²) in [6, 6.07) is 59.7. The van der Waals surface area contributed by atoms with E-state index in [4.69, 9.17) is 4.42 Å². The topological polar surface area (TPSA) is 16.4 Å². The van der Waals surface area contributed by atoms with Gasteiger partial charge in [-0.2, -0.15) is 0 Å². The van der Waals surface area contributed by atoms with Crippen LogP contribution in [0.3, 0.4) is 0 Å². The third-order valence-corrected chi connectivity index (χ3v) is 12.4. The average Bonchev–Trinajstić information content (AvgIpc) is 3.83.